The van der Waals surface area contributed by atoms with Crippen molar-refractivity contribution in [1.29, 1.82) is 10.7 Å². The van der Waals surface area contributed by atoms with Gasteiger partial charge in [0.2, 0.25) is 0 Å². The van der Waals surface area contributed by atoms with Crippen LogP contribution in [0.15, 0.2) is 29.6 Å². The number of hydrogen-bond acceptors (Lipinski definition) is 5. The van der Waals surface area contributed by atoms with Gasteiger partial charge < -0.3 is 4.90 Å². The van der Waals surface area contributed by atoms with Gasteiger partial charge in [-0.05, 0) is 31.4 Å². The monoisotopic (exact) mass is 366 g/mol. The molecule has 0 saturated carbocycles. The number of nitrogens with one attached hydrogen (secondary N) is 1. The Kier molecular flexibility index (Phi) is 5.19. The highest BCUT2D eigenvalue weighted by Crippen LogP contribution is 2.34. The summed E-state index contributed by atoms with van der Waals surface area (Å²) in [5, 5.41) is 20.0. The standard InChI is InChI=1S/C20H22N4OS/c1-12(2)8-9-24-13(3)18(25)17(19(24)22)20-23-16(11-26-20)15-6-4-14(10-21)5-7-15/h4-7,11-13,17,22H,8-9H2,1-3H3. The first kappa shape index (κ1) is 18.3. The fourth-order valence-corrected chi connectivity index (χ4v) is 4.06. The molecule has 6 heteroatoms. The number of benzene rings is 1. The topological polar surface area (TPSA) is 80.8 Å². The molecule has 0 amide bonds. The number of hydrogen-bond donors (Lipinski definition) is 1. The van der Waals surface area contributed by atoms with Gasteiger partial charge in [0.05, 0.1) is 23.4 Å². The number of amidine groups is 1. The number of ketones is 1. The first-order chi connectivity index (χ1) is 12.4. The minimum Gasteiger partial charge on any atom is -0.350 e. The minimum absolute atomic E-state index is 0.0551. The molecule has 3 rings (SSSR count). The second kappa shape index (κ2) is 7.38. The first-order valence-corrected chi connectivity index (χ1v) is 9.65. The van der Waals surface area contributed by atoms with Crippen LogP contribution >= 0.6 is 11.3 Å². The van der Waals surface area contributed by atoms with E-state index >= 15 is 0 Å². The molecule has 1 fully saturated rings. The van der Waals surface area contributed by atoms with Gasteiger partial charge in [-0.25, -0.2) is 4.98 Å². The Morgan fingerprint density at radius 1 is 1.35 bits per heavy atom. The van der Waals surface area contributed by atoms with Gasteiger partial charge in [-0.15, -0.1) is 11.3 Å². The SMILES string of the molecule is CC(C)CCN1C(=N)C(c2nc(-c3ccc(C#N)cc3)cs2)C(=O)C1C. The summed E-state index contributed by atoms with van der Waals surface area (Å²) in [6.45, 7) is 6.91. The summed E-state index contributed by atoms with van der Waals surface area (Å²) >= 11 is 1.42. The number of likely N-dealkylation sites (tertiary alicyclic amines) is 1. The minimum atomic E-state index is -0.561. The number of aromatic nitrogens is 1. The summed E-state index contributed by atoms with van der Waals surface area (Å²) in [7, 11) is 0. The van der Waals surface area contributed by atoms with Gasteiger partial charge in [0.1, 0.15) is 16.8 Å². The summed E-state index contributed by atoms with van der Waals surface area (Å²) in [5.41, 5.74) is 2.29. The van der Waals surface area contributed by atoms with E-state index in [4.69, 9.17) is 10.7 Å². The Bertz CT molecular complexity index is 863. The maximum absolute atomic E-state index is 12.7. The largest absolute Gasteiger partial charge is 0.350 e. The highest BCUT2D eigenvalue weighted by atomic mass is 32.1. The molecule has 1 saturated heterocycles. The fraction of sp³-hybridized carbons (Fsp3) is 0.400. The number of carbonyl (C=O) groups excluding carboxylic acids is 1. The van der Waals surface area contributed by atoms with E-state index in [0.717, 1.165) is 24.2 Å². The Morgan fingerprint density at radius 2 is 2.04 bits per heavy atom. The molecule has 26 heavy (non-hydrogen) atoms. The summed E-state index contributed by atoms with van der Waals surface area (Å²) in [5.74, 6) is 0.393. The van der Waals surface area contributed by atoms with Gasteiger partial charge in [0.15, 0.2) is 5.78 Å². The van der Waals surface area contributed by atoms with E-state index in [-0.39, 0.29) is 11.8 Å². The third-order valence-electron chi connectivity index (χ3n) is 4.77. The van der Waals surface area contributed by atoms with Gasteiger partial charge in [0.25, 0.3) is 0 Å². The van der Waals surface area contributed by atoms with Gasteiger partial charge in [0, 0.05) is 17.5 Å². The molecule has 1 N–H and O–H groups in total. The normalized spacial score (nSPS) is 20.0. The molecule has 5 nitrogen and oxygen atoms in total. The maximum Gasteiger partial charge on any atom is 0.172 e. The molecule has 134 valence electrons. The van der Waals surface area contributed by atoms with E-state index in [9.17, 15) is 4.79 Å². The second-order valence-corrected chi connectivity index (χ2v) is 7.92. The zero-order valence-corrected chi connectivity index (χ0v) is 16.0. The van der Waals surface area contributed by atoms with Gasteiger partial charge >= 0.3 is 0 Å². The van der Waals surface area contributed by atoms with Gasteiger partial charge in [-0.1, -0.05) is 26.0 Å². The highest BCUT2D eigenvalue weighted by molar-refractivity contribution is 7.10. The van der Waals surface area contributed by atoms with Gasteiger partial charge in [-0.2, -0.15) is 5.26 Å². The summed E-state index contributed by atoms with van der Waals surface area (Å²) < 4.78 is 0. The molecule has 1 aliphatic heterocycles. The predicted octanol–water partition coefficient (Wildman–Crippen LogP) is 4.06. The lowest BCUT2D eigenvalue weighted by Crippen LogP contribution is -2.34. The zero-order valence-electron chi connectivity index (χ0n) is 15.2. The average molecular weight is 366 g/mol. The lowest BCUT2D eigenvalue weighted by atomic mass is 10.0. The van der Waals surface area contributed by atoms with E-state index < -0.39 is 5.92 Å². The van der Waals surface area contributed by atoms with Crippen LogP contribution in [0.2, 0.25) is 0 Å². The summed E-state index contributed by atoms with van der Waals surface area (Å²) in [6.07, 6.45) is 0.959. The van der Waals surface area contributed by atoms with Crippen molar-refractivity contribution in [3.8, 4) is 17.3 Å². The van der Waals surface area contributed by atoms with Crippen LogP contribution in [0.3, 0.4) is 0 Å². The van der Waals surface area contributed by atoms with Crippen LogP contribution in [0.4, 0.5) is 0 Å². The molecule has 2 unspecified atom stereocenters. The van der Waals surface area contributed by atoms with E-state index in [2.05, 4.69) is 24.9 Å². The molecule has 1 aromatic carbocycles. The molecule has 1 aliphatic rings. The van der Waals surface area contributed by atoms with Crippen LogP contribution in [0.1, 0.15) is 43.7 Å². The van der Waals surface area contributed by atoms with Crippen LogP contribution in [-0.4, -0.2) is 34.1 Å². The average Bonchev–Trinajstić information content (AvgIpc) is 3.18. The number of nitrogens with zero attached hydrogens (tertiary/aromatic N) is 3. The molecule has 0 radical (unpaired) electrons. The third kappa shape index (κ3) is 3.40. The quantitative estimate of drug-likeness (QED) is 0.865. The molecule has 0 aliphatic carbocycles. The molecule has 0 spiro atoms. The third-order valence-corrected chi connectivity index (χ3v) is 5.68. The molecule has 0 bridgehead atoms. The zero-order chi connectivity index (χ0) is 18.8. The smallest absolute Gasteiger partial charge is 0.172 e. The van der Waals surface area contributed by atoms with E-state index in [1.54, 1.807) is 12.1 Å². The van der Waals surface area contributed by atoms with Crippen LogP contribution in [-0.2, 0) is 4.79 Å². The van der Waals surface area contributed by atoms with Crippen molar-refractivity contribution in [3.63, 3.8) is 0 Å². The van der Waals surface area contributed by atoms with Crippen LogP contribution < -0.4 is 0 Å². The lowest BCUT2D eigenvalue weighted by molar-refractivity contribution is -0.120. The van der Waals surface area contributed by atoms with E-state index in [1.807, 2.05) is 29.3 Å². The molecular weight excluding hydrogens is 344 g/mol. The molecule has 2 heterocycles. The number of carbonyl (C=O) groups is 1. The van der Waals surface area contributed by atoms with Crippen molar-refractivity contribution < 1.29 is 4.79 Å². The van der Waals surface area contributed by atoms with Crippen molar-refractivity contribution in [2.45, 2.75) is 39.2 Å². The van der Waals surface area contributed by atoms with E-state index in [1.165, 1.54) is 11.3 Å². The van der Waals surface area contributed by atoms with Crippen molar-refractivity contribution in [1.82, 2.24) is 9.88 Å². The molecule has 1 aromatic heterocycles. The maximum atomic E-state index is 12.7. The van der Waals surface area contributed by atoms with Crippen molar-refractivity contribution in [3.05, 3.63) is 40.2 Å². The van der Waals surface area contributed by atoms with Crippen molar-refractivity contribution in [2.24, 2.45) is 5.92 Å². The number of Topliss-reactive ketones (excluding diaryl/α,β-unsaturated/α-hetero) is 1. The highest BCUT2D eigenvalue weighted by Gasteiger charge is 2.44. The van der Waals surface area contributed by atoms with Crippen molar-refractivity contribution >= 4 is 23.0 Å². The van der Waals surface area contributed by atoms with E-state index in [0.29, 0.717) is 22.3 Å². The molecule has 2 atom stereocenters. The fourth-order valence-electron chi connectivity index (χ4n) is 3.12. The molecular formula is C20H22N4OS. The first-order valence-electron chi connectivity index (χ1n) is 8.77. The number of nitriles is 1. The second-order valence-electron chi connectivity index (χ2n) is 7.03. The Balaban J connectivity index is 1.83. The number of rotatable bonds is 5. The van der Waals surface area contributed by atoms with Crippen LogP contribution in [0, 0.1) is 22.7 Å². The van der Waals surface area contributed by atoms with Crippen LogP contribution in [0.25, 0.3) is 11.3 Å². The number of thiazole rings is 1. The summed E-state index contributed by atoms with van der Waals surface area (Å²) in [4.78, 5) is 19.3. The Hall–Kier alpha value is -2.52. The predicted molar refractivity (Wildman–Crippen MR) is 103 cm³/mol. The lowest BCUT2D eigenvalue weighted by Gasteiger charge is -2.23. The van der Waals surface area contributed by atoms with Crippen LogP contribution in [0.5, 0.6) is 0 Å². The Labute approximate surface area is 157 Å². The summed E-state index contributed by atoms with van der Waals surface area (Å²) in [6, 6.07) is 9.06. The molecule has 2 aromatic rings. The Morgan fingerprint density at radius 3 is 2.65 bits per heavy atom. The van der Waals surface area contributed by atoms with Crippen molar-refractivity contribution in [2.75, 3.05) is 6.54 Å². The van der Waals surface area contributed by atoms with Gasteiger partial charge in [-0.3, -0.25) is 10.2 Å².